The van der Waals surface area contributed by atoms with Crippen LogP contribution in [0.5, 0.6) is 0 Å². The Hall–Kier alpha value is -2.98. The molecule has 0 spiro atoms. The van der Waals surface area contributed by atoms with Gasteiger partial charge in [0, 0.05) is 23.5 Å². The SMILES string of the molecule is Cc1cc(/C=C2\SC(=S)N(CC(=O)O)C2=O)c(C)n1-c1cccc([N+](=O)[O-])c1. The molecular weight excluding hydrogens is 402 g/mol. The first-order valence-corrected chi connectivity index (χ1v) is 9.32. The number of amides is 1. The third-order valence-electron chi connectivity index (χ3n) is 4.22. The van der Waals surface area contributed by atoms with Gasteiger partial charge in [-0.1, -0.05) is 30.0 Å². The molecule has 3 rings (SSSR count). The van der Waals surface area contributed by atoms with E-state index in [0.29, 0.717) is 10.6 Å². The number of thioether (sulfide) groups is 1. The summed E-state index contributed by atoms with van der Waals surface area (Å²) in [5.41, 5.74) is 3.01. The highest BCUT2D eigenvalue weighted by Crippen LogP contribution is 2.34. The minimum Gasteiger partial charge on any atom is -0.480 e. The number of nitro groups is 1. The van der Waals surface area contributed by atoms with Crippen LogP contribution in [0.25, 0.3) is 11.8 Å². The highest BCUT2D eigenvalue weighted by molar-refractivity contribution is 8.26. The lowest BCUT2D eigenvalue weighted by Crippen LogP contribution is -2.33. The zero-order chi connectivity index (χ0) is 20.6. The fourth-order valence-corrected chi connectivity index (χ4v) is 4.24. The number of carboxylic acids is 1. The van der Waals surface area contributed by atoms with Crippen molar-refractivity contribution in [3.05, 3.63) is 62.3 Å². The molecule has 28 heavy (non-hydrogen) atoms. The van der Waals surface area contributed by atoms with Gasteiger partial charge in [-0.2, -0.15) is 0 Å². The standard InChI is InChI=1S/C18H15N3O5S2/c1-10-6-12(7-15-17(24)19(9-16(22)23)18(27)28-15)11(2)20(10)13-4-3-5-14(8-13)21(25)26/h3-8H,9H2,1-2H3,(H,22,23)/b15-7-. The van der Waals surface area contributed by atoms with Crippen molar-refractivity contribution in [1.29, 1.82) is 0 Å². The summed E-state index contributed by atoms with van der Waals surface area (Å²) in [4.78, 5) is 35.4. The van der Waals surface area contributed by atoms with Crippen molar-refractivity contribution >= 4 is 51.9 Å². The van der Waals surface area contributed by atoms with Crippen LogP contribution in [0.15, 0.2) is 35.2 Å². The van der Waals surface area contributed by atoms with E-state index in [-0.39, 0.29) is 10.0 Å². The number of rotatable bonds is 5. The van der Waals surface area contributed by atoms with E-state index in [1.54, 1.807) is 18.2 Å². The van der Waals surface area contributed by atoms with E-state index >= 15 is 0 Å². The smallest absolute Gasteiger partial charge is 0.323 e. The van der Waals surface area contributed by atoms with Gasteiger partial charge >= 0.3 is 5.97 Å². The number of hydrogen-bond acceptors (Lipinski definition) is 6. The van der Waals surface area contributed by atoms with Gasteiger partial charge in [0.25, 0.3) is 11.6 Å². The lowest BCUT2D eigenvalue weighted by atomic mass is 10.2. The molecule has 1 saturated heterocycles. The van der Waals surface area contributed by atoms with Gasteiger partial charge in [0.2, 0.25) is 0 Å². The van der Waals surface area contributed by atoms with E-state index in [2.05, 4.69) is 0 Å². The Labute approximate surface area is 169 Å². The first-order chi connectivity index (χ1) is 13.2. The Balaban J connectivity index is 1.99. The zero-order valence-corrected chi connectivity index (χ0v) is 16.5. The highest BCUT2D eigenvalue weighted by Gasteiger charge is 2.33. The van der Waals surface area contributed by atoms with Crippen molar-refractivity contribution in [2.75, 3.05) is 6.54 Å². The number of aryl methyl sites for hydroxylation is 1. The van der Waals surface area contributed by atoms with Gasteiger partial charge in [-0.15, -0.1) is 0 Å². The molecule has 1 amide bonds. The normalized spacial score (nSPS) is 15.5. The first kappa shape index (κ1) is 19.8. The van der Waals surface area contributed by atoms with E-state index in [1.165, 1.54) is 12.1 Å². The van der Waals surface area contributed by atoms with Crippen LogP contribution in [0.2, 0.25) is 0 Å². The second-order valence-electron chi connectivity index (χ2n) is 6.10. The molecule has 1 aromatic heterocycles. The molecule has 2 aromatic rings. The van der Waals surface area contributed by atoms with E-state index in [0.717, 1.165) is 33.6 Å². The van der Waals surface area contributed by atoms with Gasteiger partial charge in [0.15, 0.2) is 0 Å². The quantitative estimate of drug-likeness (QED) is 0.344. The summed E-state index contributed by atoms with van der Waals surface area (Å²) in [5, 5.41) is 20.0. The number of carbonyl (C=O) groups excluding carboxylic acids is 1. The molecule has 1 N–H and O–H groups in total. The van der Waals surface area contributed by atoms with Crippen molar-refractivity contribution in [2.24, 2.45) is 0 Å². The van der Waals surface area contributed by atoms with Gasteiger partial charge in [0.05, 0.1) is 15.5 Å². The lowest BCUT2D eigenvalue weighted by molar-refractivity contribution is -0.384. The number of benzene rings is 1. The summed E-state index contributed by atoms with van der Waals surface area (Å²) in [6, 6.07) is 8.15. The number of nitro benzene ring substituents is 1. The fraction of sp³-hybridized carbons (Fsp3) is 0.167. The molecule has 0 saturated carbocycles. The lowest BCUT2D eigenvalue weighted by Gasteiger charge is -2.10. The van der Waals surface area contributed by atoms with Crippen molar-refractivity contribution in [3.63, 3.8) is 0 Å². The highest BCUT2D eigenvalue weighted by atomic mass is 32.2. The molecule has 1 aliphatic heterocycles. The van der Waals surface area contributed by atoms with Crippen molar-refractivity contribution < 1.29 is 19.6 Å². The van der Waals surface area contributed by atoms with Crippen LogP contribution < -0.4 is 0 Å². The predicted octanol–water partition coefficient (Wildman–Crippen LogP) is 3.29. The third kappa shape index (κ3) is 3.69. The van der Waals surface area contributed by atoms with E-state index in [1.807, 2.05) is 24.5 Å². The fourth-order valence-electron chi connectivity index (χ4n) is 2.99. The first-order valence-electron chi connectivity index (χ1n) is 8.10. The number of nitrogens with zero attached hydrogens (tertiary/aromatic N) is 3. The molecule has 8 nitrogen and oxygen atoms in total. The Morgan fingerprint density at radius 2 is 2.07 bits per heavy atom. The summed E-state index contributed by atoms with van der Waals surface area (Å²) in [7, 11) is 0. The molecule has 10 heteroatoms. The van der Waals surface area contributed by atoms with Crippen LogP contribution >= 0.6 is 24.0 Å². The van der Waals surface area contributed by atoms with Gasteiger partial charge in [-0.05, 0) is 37.6 Å². The Bertz CT molecular complexity index is 1060. The molecule has 1 aliphatic rings. The molecule has 144 valence electrons. The molecule has 1 fully saturated rings. The maximum atomic E-state index is 12.5. The Morgan fingerprint density at radius 3 is 2.71 bits per heavy atom. The minimum absolute atomic E-state index is 0.0129. The number of aromatic nitrogens is 1. The van der Waals surface area contributed by atoms with Crippen molar-refractivity contribution in [2.45, 2.75) is 13.8 Å². The summed E-state index contributed by atoms with van der Waals surface area (Å²) in [5.74, 6) is -1.58. The van der Waals surface area contributed by atoms with Crippen LogP contribution in [-0.2, 0) is 9.59 Å². The molecule has 1 aromatic carbocycles. The predicted molar refractivity (Wildman–Crippen MR) is 109 cm³/mol. The molecule has 0 aliphatic carbocycles. The van der Waals surface area contributed by atoms with Crippen LogP contribution in [0.3, 0.4) is 0 Å². The summed E-state index contributed by atoms with van der Waals surface area (Å²) >= 11 is 6.15. The summed E-state index contributed by atoms with van der Waals surface area (Å²) < 4.78 is 2.06. The van der Waals surface area contributed by atoms with Crippen molar-refractivity contribution in [1.82, 2.24) is 9.47 Å². The number of non-ortho nitro benzene ring substituents is 1. The number of aliphatic carboxylic acids is 1. The second kappa shape index (κ2) is 7.56. The molecule has 0 atom stereocenters. The van der Waals surface area contributed by atoms with Gasteiger partial charge in [-0.3, -0.25) is 24.6 Å². The topological polar surface area (TPSA) is 106 Å². The second-order valence-corrected chi connectivity index (χ2v) is 7.78. The third-order valence-corrected chi connectivity index (χ3v) is 5.60. The average Bonchev–Trinajstić information content (AvgIpc) is 3.05. The van der Waals surface area contributed by atoms with E-state index < -0.39 is 23.3 Å². The van der Waals surface area contributed by atoms with E-state index in [4.69, 9.17) is 17.3 Å². The number of hydrogen-bond donors (Lipinski definition) is 1. The summed E-state index contributed by atoms with van der Waals surface area (Å²) in [6.07, 6.45) is 1.66. The van der Waals surface area contributed by atoms with Gasteiger partial charge in [-0.25, -0.2) is 0 Å². The number of thiocarbonyl (C=S) groups is 1. The molecular formula is C18H15N3O5S2. The Kier molecular flexibility index (Phi) is 5.34. The van der Waals surface area contributed by atoms with Gasteiger partial charge < -0.3 is 9.67 Å². The van der Waals surface area contributed by atoms with E-state index in [9.17, 15) is 19.7 Å². The maximum Gasteiger partial charge on any atom is 0.323 e. The monoisotopic (exact) mass is 417 g/mol. The van der Waals surface area contributed by atoms with Crippen LogP contribution in [0, 0.1) is 24.0 Å². The number of carbonyl (C=O) groups is 2. The van der Waals surface area contributed by atoms with Crippen LogP contribution in [-0.4, -0.2) is 42.2 Å². The maximum absolute atomic E-state index is 12.5. The van der Waals surface area contributed by atoms with Gasteiger partial charge in [0.1, 0.15) is 10.9 Å². The van der Waals surface area contributed by atoms with Crippen LogP contribution in [0.4, 0.5) is 5.69 Å². The van der Waals surface area contributed by atoms with Crippen LogP contribution in [0.1, 0.15) is 17.0 Å². The van der Waals surface area contributed by atoms with Crippen molar-refractivity contribution in [3.8, 4) is 5.69 Å². The Morgan fingerprint density at radius 1 is 1.36 bits per heavy atom. The average molecular weight is 417 g/mol. The summed E-state index contributed by atoms with van der Waals surface area (Å²) in [6.45, 7) is 3.23. The minimum atomic E-state index is -1.14. The molecule has 0 bridgehead atoms. The number of carboxylic acid groups (broad SMARTS) is 1. The molecule has 0 unspecified atom stereocenters. The largest absolute Gasteiger partial charge is 0.480 e. The zero-order valence-electron chi connectivity index (χ0n) is 14.9. The molecule has 2 heterocycles. The molecule has 0 radical (unpaired) electrons.